The van der Waals surface area contributed by atoms with Gasteiger partial charge in [0.1, 0.15) is 0 Å². The summed E-state index contributed by atoms with van der Waals surface area (Å²) in [6.45, 7) is 0.574. The molecule has 132 valence electrons. The van der Waals surface area contributed by atoms with Crippen LogP contribution < -0.4 is 10.2 Å². The molecule has 2 amide bonds. The molecule has 0 aliphatic carbocycles. The lowest BCUT2D eigenvalue weighted by molar-refractivity contribution is -0.126. The molecule has 0 saturated carbocycles. The lowest BCUT2D eigenvalue weighted by Gasteiger charge is -2.16. The summed E-state index contributed by atoms with van der Waals surface area (Å²) in [7, 11) is 0. The third-order valence-corrected chi connectivity index (χ3v) is 4.53. The Morgan fingerprint density at radius 3 is 2.65 bits per heavy atom. The maximum Gasteiger partial charge on any atom is 0.227 e. The van der Waals surface area contributed by atoms with Crippen molar-refractivity contribution in [2.24, 2.45) is 5.92 Å². The molecule has 6 heteroatoms. The van der Waals surface area contributed by atoms with Gasteiger partial charge in [-0.2, -0.15) is 0 Å². The fourth-order valence-corrected chi connectivity index (χ4v) is 3.06. The van der Waals surface area contributed by atoms with E-state index in [0.29, 0.717) is 16.6 Å². The van der Waals surface area contributed by atoms with Crippen molar-refractivity contribution in [2.75, 3.05) is 18.0 Å². The fraction of sp³-hybridized carbons (Fsp3) is 0.200. The molecule has 1 aliphatic rings. The van der Waals surface area contributed by atoms with Gasteiger partial charge in [-0.25, -0.2) is 0 Å². The zero-order chi connectivity index (χ0) is 18.5. The molecule has 1 aliphatic heterocycles. The van der Waals surface area contributed by atoms with E-state index in [2.05, 4.69) is 17.2 Å². The van der Waals surface area contributed by atoms with Gasteiger partial charge in [0.05, 0.1) is 12.5 Å². The van der Waals surface area contributed by atoms with Gasteiger partial charge >= 0.3 is 0 Å². The zero-order valence-corrected chi connectivity index (χ0v) is 15.3. The van der Waals surface area contributed by atoms with Gasteiger partial charge in [0, 0.05) is 34.3 Å². The summed E-state index contributed by atoms with van der Waals surface area (Å²) in [5.41, 5.74) is 1.53. The van der Waals surface area contributed by atoms with Crippen molar-refractivity contribution < 1.29 is 9.59 Å². The molecule has 0 spiro atoms. The normalized spacial score (nSPS) is 16.2. The number of amides is 2. The van der Waals surface area contributed by atoms with Crippen LogP contribution in [-0.4, -0.2) is 24.9 Å². The SMILES string of the molecule is O=C(NCC#Cc1cccc(Cl)c1)C1CC(=O)N(c2ccc(Cl)cc2)C1. The molecule has 1 unspecified atom stereocenters. The lowest BCUT2D eigenvalue weighted by atomic mass is 10.1. The predicted molar refractivity (Wildman–Crippen MR) is 103 cm³/mol. The Kier molecular flexibility index (Phi) is 5.82. The number of nitrogens with one attached hydrogen (secondary N) is 1. The molecule has 1 atom stereocenters. The van der Waals surface area contributed by atoms with Crippen molar-refractivity contribution in [1.29, 1.82) is 0 Å². The van der Waals surface area contributed by atoms with Gasteiger partial charge in [-0.05, 0) is 42.5 Å². The summed E-state index contributed by atoms with van der Waals surface area (Å²) in [6, 6.07) is 14.2. The summed E-state index contributed by atoms with van der Waals surface area (Å²) >= 11 is 11.8. The fourth-order valence-electron chi connectivity index (χ4n) is 2.74. The molecule has 0 aromatic heterocycles. The summed E-state index contributed by atoms with van der Waals surface area (Å²) in [4.78, 5) is 26.1. The van der Waals surface area contributed by atoms with Crippen LogP contribution in [0.3, 0.4) is 0 Å². The number of hydrogen-bond donors (Lipinski definition) is 1. The monoisotopic (exact) mass is 386 g/mol. The largest absolute Gasteiger partial charge is 0.345 e. The third kappa shape index (κ3) is 4.57. The van der Waals surface area contributed by atoms with E-state index < -0.39 is 0 Å². The van der Waals surface area contributed by atoms with Crippen LogP contribution in [0, 0.1) is 17.8 Å². The van der Waals surface area contributed by atoms with E-state index in [1.54, 1.807) is 41.3 Å². The molecule has 1 fully saturated rings. The van der Waals surface area contributed by atoms with Gasteiger partial charge in [-0.3, -0.25) is 9.59 Å². The van der Waals surface area contributed by atoms with Crippen LogP contribution in [0.2, 0.25) is 10.0 Å². The van der Waals surface area contributed by atoms with Gasteiger partial charge < -0.3 is 10.2 Å². The van der Waals surface area contributed by atoms with Crippen LogP contribution in [0.1, 0.15) is 12.0 Å². The summed E-state index contributed by atoms with van der Waals surface area (Å²) < 4.78 is 0. The minimum atomic E-state index is -0.383. The Balaban J connectivity index is 1.54. The summed E-state index contributed by atoms with van der Waals surface area (Å²) in [5, 5.41) is 3.99. The van der Waals surface area contributed by atoms with E-state index in [0.717, 1.165) is 11.3 Å². The average molecular weight is 387 g/mol. The number of anilines is 1. The number of rotatable bonds is 3. The van der Waals surface area contributed by atoms with Crippen LogP contribution in [-0.2, 0) is 9.59 Å². The highest BCUT2D eigenvalue weighted by Crippen LogP contribution is 2.26. The number of halogens is 2. The first-order chi connectivity index (χ1) is 12.5. The van der Waals surface area contributed by atoms with E-state index in [1.807, 2.05) is 12.1 Å². The molecular weight excluding hydrogens is 371 g/mol. The highest BCUT2D eigenvalue weighted by Gasteiger charge is 2.34. The molecule has 3 rings (SSSR count). The van der Waals surface area contributed by atoms with Gasteiger partial charge in [0.25, 0.3) is 0 Å². The Morgan fingerprint density at radius 1 is 1.15 bits per heavy atom. The maximum atomic E-state index is 12.3. The van der Waals surface area contributed by atoms with Crippen LogP contribution in [0.15, 0.2) is 48.5 Å². The van der Waals surface area contributed by atoms with Crippen molar-refractivity contribution in [3.8, 4) is 11.8 Å². The van der Waals surface area contributed by atoms with Gasteiger partial charge in [0.15, 0.2) is 0 Å². The number of nitrogens with zero attached hydrogens (tertiary/aromatic N) is 1. The van der Waals surface area contributed by atoms with Crippen molar-refractivity contribution in [2.45, 2.75) is 6.42 Å². The first kappa shape index (κ1) is 18.3. The lowest BCUT2D eigenvalue weighted by Crippen LogP contribution is -2.33. The third-order valence-electron chi connectivity index (χ3n) is 4.04. The molecule has 26 heavy (non-hydrogen) atoms. The Hall–Kier alpha value is -2.48. The van der Waals surface area contributed by atoms with E-state index in [-0.39, 0.29) is 30.7 Å². The topological polar surface area (TPSA) is 49.4 Å². The number of benzene rings is 2. The Morgan fingerprint density at radius 2 is 1.92 bits per heavy atom. The van der Waals surface area contributed by atoms with Crippen molar-refractivity contribution >= 4 is 40.7 Å². The number of carbonyl (C=O) groups is 2. The van der Waals surface area contributed by atoms with Gasteiger partial charge in [-0.1, -0.05) is 41.1 Å². The van der Waals surface area contributed by atoms with E-state index in [9.17, 15) is 9.59 Å². The second kappa shape index (κ2) is 8.27. The minimum absolute atomic E-state index is 0.0718. The maximum absolute atomic E-state index is 12.3. The van der Waals surface area contributed by atoms with Crippen LogP contribution in [0.4, 0.5) is 5.69 Å². The standard InChI is InChI=1S/C20H16Cl2N2O2/c21-16-6-8-18(9-7-16)24-13-15(12-19(24)25)20(26)23-10-2-4-14-3-1-5-17(22)11-14/h1,3,5-9,11,15H,10,12-13H2,(H,23,26). The second-order valence-electron chi connectivity index (χ2n) is 5.91. The molecule has 1 N–H and O–H groups in total. The van der Waals surface area contributed by atoms with Crippen molar-refractivity contribution in [1.82, 2.24) is 5.32 Å². The predicted octanol–water partition coefficient (Wildman–Crippen LogP) is 3.51. The van der Waals surface area contributed by atoms with Crippen LogP contribution >= 0.6 is 23.2 Å². The van der Waals surface area contributed by atoms with Crippen LogP contribution in [0.5, 0.6) is 0 Å². The molecular formula is C20H16Cl2N2O2. The number of carbonyl (C=O) groups excluding carboxylic acids is 2. The number of hydrogen-bond acceptors (Lipinski definition) is 2. The van der Waals surface area contributed by atoms with Crippen molar-refractivity contribution in [3.05, 3.63) is 64.1 Å². The van der Waals surface area contributed by atoms with E-state index in [1.165, 1.54) is 0 Å². The quantitative estimate of drug-likeness (QED) is 0.820. The van der Waals surface area contributed by atoms with Gasteiger partial charge in [-0.15, -0.1) is 0 Å². The highest BCUT2D eigenvalue weighted by atomic mass is 35.5. The molecule has 1 saturated heterocycles. The first-order valence-electron chi connectivity index (χ1n) is 8.11. The Bertz CT molecular complexity index is 885. The average Bonchev–Trinajstić information content (AvgIpc) is 3.01. The van der Waals surface area contributed by atoms with E-state index >= 15 is 0 Å². The summed E-state index contributed by atoms with van der Waals surface area (Å²) in [5.74, 6) is 5.20. The first-order valence-corrected chi connectivity index (χ1v) is 8.86. The molecule has 0 radical (unpaired) electrons. The molecule has 0 bridgehead atoms. The Labute approximate surface area is 162 Å². The summed E-state index contributed by atoms with van der Waals surface area (Å²) in [6.07, 6.45) is 0.191. The highest BCUT2D eigenvalue weighted by molar-refractivity contribution is 6.31. The smallest absolute Gasteiger partial charge is 0.227 e. The zero-order valence-electron chi connectivity index (χ0n) is 13.8. The van der Waals surface area contributed by atoms with Gasteiger partial charge in [0.2, 0.25) is 11.8 Å². The molecule has 4 nitrogen and oxygen atoms in total. The second-order valence-corrected chi connectivity index (χ2v) is 6.78. The molecule has 2 aromatic carbocycles. The van der Waals surface area contributed by atoms with Crippen molar-refractivity contribution in [3.63, 3.8) is 0 Å². The van der Waals surface area contributed by atoms with Crippen LogP contribution in [0.25, 0.3) is 0 Å². The molecule has 1 heterocycles. The minimum Gasteiger partial charge on any atom is -0.345 e. The molecule has 2 aromatic rings. The van der Waals surface area contributed by atoms with E-state index in [4.69, 9.17) is 23.2 Å².